The van der Waals surface area contributed by atoms with E-state index in [1.54, 1.807) is 6.92 Å². The maximum Gasteiger partial charge on any atom is 0.241 e. The van der Waals surface area contributed by atoms with E-state index in [-0.39, 0.29) is 23.9 Å². The van der Waals surface area contributed by atoms with Crippen molar-refractivity contribution >= 4 is 5.91 Å². The first-order valence-electron chi connectivity index (χ1n) is 8.85. The number of carbonyl (C=O) groups is 1. The van der Waals surface area contributed by atoms with Crippen LogP contribution in [0.15, 0.2) is 34.9 Å². The molecule has 2 aliphatic heterocycles. The number of rotatable bonds is 3. The third kappa shape index (κ3) is 3.43. The number of aromatic nitrogens is 2. The smallest absolute Gasteiger partial charge is 0.241 e. The van der Waals surface area contributed by atoms with E-state index in [0.29, 0.717) is 12.4 Å². The van der Waals surface area contributed by atoms with Crippen molar-refractivity contribution in [3.8, 4) is 0 Å². The molecule has 0 radical (unpaired) electrons. The zero-order valence-corrected chi connectivity index (χ0v) is 14.3. The van der Waals surface area contributed by atoms with Gasteiger partial charge >= 0.3 is 0 Å². The first kappa shape index (κ1) is 16.2. The van der Waals surface area contributed by atoms with Gasteiger partial charge in [-0.2, -0.15) is 4.98 Å². The molecule has 0 bridgehead atoms. The normalized spacial score (nSPS) is 26.8. The first-order chi connectivity index (χ1) is 12.2. The molecule has 0 spiro atoms. The van der Waals surface area contributed by atoms with Crippen molar-refractivity contribution < 1.29 is 9.32 Å². The third-order valence-corrected chi connectivity index (χ3v) is 5.04. The molecule has 3 heterocycles. The quantitative estimate of drug-likeness (QED) is 0.884. The second kappa shape index (κ2) is 6.93. The average Bonchev–Trinajstić information content (AvgIpc) is 3.31. The Labute approximate surface area is 146 Å². The molecule has 2 saturated heterocycles. The van der Waals surface area contributed by atoms with Gasteiger partial charge in [0.2, 0.25) is 11.8 Å². The molecule has 2 aliphatic rings. The summed E-state index contributed by atoms with van der Waals surface area (Å²) in [7, 11) is 0. The summed E-state index contributed by atoms with van der Waals surface area (Å²) in [4.78, 5) is 19.2. The van der Waals surface area contributed by atoms with Crippen molar-refractivity contribution in [2.75, 3.05) is 13.1 Å². The zero-order chi connectivity index (χ0) is 17.2. The highest BCUT2D eigenvalue weighted by Crippen LogP contribution is 2.27. The molecule has 2 fully saturated rings. The summed E-state index contributed by atoms with van der Waals surface area (Å²) in [6, 6.07) is 10.2. The number of hydrogen-bond donors (Lipinski definition) is 2. The van der Waals surface area contributed by atoms with Gasteiger partial charge in [0, 0.05) is 32.0 Å². The van der Waals surface area contributed by atoms with E-state index in [1.165, 1.54) is 5.56 Å². The fourth-order valence-electron chi connectivity index (χ4n) is 3.71. The number of likely N-dealkylation sites (tertiary alicyclic amines) is 1. The molecule has 2 N–H and O–H groups in total. The van der Waals surface area contributed by atoms with Crippen molar-refractivity contribution in [3.05, 3.63) is 47.6 Å². The maximum absolute atomic E-state index is 12.9. The highest BCUT2D eigenvalue weighted by atomic mass is 16.5. The molecule has 1 amide bonds. The minimum absolute atomic E-state index is 0.149. The summed E-state index contributed by atoms with van der Waals surface area (Å²) in [5.74, 6) is 1.60. The van der Waals surface area contributed by atoms with Gasteiger partial charge < -0.3 is 9.42 Å². The zero-order valence-electron chi connectivity index (χ0n) is 14.3. The van der Waals surface area contributed by atoms with Gasteiger partial charge in [0.15, 0.2) is 5.82 Å². The lowest BCUT2D eigenvalue weighted by atomic mass is 9.96. The van der Waals surface area contributed by atoms with Crippen molar-refractivity contribution in [1.82, 2.24) is 25.9 Å². The van der Waals surface area contributed by atoms with Crippen molar-refractivity contribution in [2.24, 2.45) is 0 Å². The third-order valence-electron chi connectivity index (χ3n) is 5.04. The molecule has 7 heteroatoms. The van der Waals surface area contributed by atoms with E-state index in [1.807, 2.05) is 23.1 Å². The van der Waals surface area contributed by atoms with Crippen molar-refractivity contribution in [3.63, 3.8) is 0 Å². The Bertz CT molecular complexity index is 732. The molecule has 0 saturated carbocycles. The topological polar surface area (TPSA) is 83.3 Å². The van der Waals surface area contributed by atoms with E-state index in [0.717, 1.165) is 31.6 Å². The van der Waals surface area contributed by atoms with Gasteiger partial charge in [-0.05, 0) is 24.8 Å². The summed E-state index contributed by atoms with van der Waals surface area (Å²) in [5, 5.41) is 4.03. The molecule has 132 valence electrons. The average molecular weight is 341 g/mol. The number of hydrazine groups is 1. The number of nitrogens with one attached hydrogen (secondary N) is 2. The SMILES string of the molecule is Cc1nc(C2CCCN(C(=O)C3CC(c4ccccc4)NN3)C2)no1. The number of aryl methyl sites for hydroxylation is 1. The van der Waals surface area contributed by atoms with Crippen molar-refractivity contribution in [1.29, 1.82) is 0 Å². The van der Waals surface area contributed by atoms with Crippen LogP contribution in [0, 0.1) is 6.92 Å². The fourth-order valence-corrected chi connectivity index (χ4v) is 3.71. The van der Waals surface area contributed by atoms with Crippen LogP contribution in [0.2, 0.25) is 0 Å². The Morgan fingerprint density at radius 2 is 2.12 bits per heavy atom. The van der Waals surface area contributed by atoms with Gasteiger partial charge in [0.1, 0.15) is 6.04 Å². The Kier molecular flexibility index (Phi) is 4.50. The van der Waals surface area contributed by atoms with Crippen LogP contribution in [0.5, 0.6) is 0 Å². The number of piperidine rings is 1. The molecule has 7 nitrogen and oxygen atoms in total. The van der Waals surface area contributed by atoms with Gasteiger partial charge in [-0.25, -0.2) is 10.9 Å². The lowest BCUT2D eigenvalue weighted by Gasteiger charge is -2.32. The summed E-state index contributed by atoms with van der Waals surface area (Å²) in [6.45, 7) is 3.24. The molecular formula is C18H23N5O2. The molecule has 4 rings (SSSR count). The van der Waals surface area contributed by atoms with Crippen LogP contribution in [0.25, 0.3) is 0 Å². The largest absolute Gasteiger partial charge is 0.341 e. The Morgan fingerprint density at radius 1 is 1.28 bits per heavy atom. The molecule has 0 aliphatic carbocycles. The Morgan fingerprint density at radius 3 is 2.88 bits per heavy atom. The molecule has 25 heavy (non-hydrogen) atoms. The predicted molar refractivity (Wildman–Crippen MR) is 91.4 cm³/mol. The minimum Gasteiger partial charge on any atom is -0.341 e. The van der Waals surface area contributed by atoms with Gasteiger partial charge in [-0.15, -0.1) is 0 Å². The van der Waals surface area contributed by atoms with Gasteiger partial charge in [0.25, 0.3) is 0 Å². The minimum atomic E-state index is -0.198. The second-order valence-corrected chi connectivity index (χ2v) is 6.84. The molecule has 3 atom stereocenters. The monoisotopic (exact) mass is 341 g/mol. The standard InChI is InChI=1S/C18H23N5O2/c1-12-19-17(22-25-12)14-8-5-9-23(11-14)18(24)16-10-15(20-21-16)13-6-3-2-4-7-13/h2-4,6-7,14-16,20-21H,5,8-11H2,1H3. The molecule has 2 aromatic rings. The van der Waals surface area contributed by atoms with Crippen LogP contribution in [0.1, 0.15) is 48.5 Å². The van der Waals surface area contributed by atoms with Gasteiger partial charge in [-0.3, -0.25) is 4.79 Å². The van der Waals surface area contributed by atoms with E-state index in [9.17, 15) is 4.79 Å². The fraction of sp³-hybridized carbons (Fsp3) is 0.500. The molecule has 1 aromatic heterocycles. The maximum atomic E-state index is 12.9. The summed E-state index contributed by atoms with van der Waals surface area (Å²) < 4.78 is 5.09. The first-order valence-corrected chi connectivity index (χ1v) is 8.85. The van der Waals surface area contributed by atoms with E-state index >= 15 is 0 Å². The van der Waals surface area contributed by atoms with Gasteiger partial charge in [0.05, 0.1) is 0 Å². The number of amides is 1. The van der Waals surface area contributed by atoms with Crippen LogP contribution >= 0.6 is 0 Å². The molecule has 1 aromatic carbocycles. The second-order valence-electron chi connectivity index (χ2n) is 6.84. The highest BCUT2D eigenvalue weighted by Gasteiger charge is 2.35. The predicted octanol–water partition coefficient (Wildman–Crippen LogP) is 1.69. The van der Waals surface area contributed by atoms with E-state index in [4.69, 9.17) is 4.52 Å². The lowest BCUT2D eigenvalue weighted by molar-refractivity contribution is -0.134. The summed E-state index contributed by atoms with van der Waals surface area (Å²) in [5.41, 5.74) is 7.62. The summed E-state index contributed by atoms with van der Waals surface area (Å²) in [6.07, 6.45) is 2.71. The summed E-state index contributed by atoms with van der Waals surface area (Å²) >= 11 is 0. The molecular weight excluding hydrogens is 318 g/mol. The number of hydrogen-bond acceptors (Lipinski definition) is 6. The van der Waals surface area contributed by atoms with Crippen LogP contribution in [0.4, 0.5) is 0 Å². The number of nitrogens with zero attached hydrogens (tertiary/aromatic N) is 3. The van der Waals surface area contributed by atoms with Crippen molar-refractivity contribution in [2.45, 2.75) is 44.2 Å². The Hall–Kier alpha value is -2.25. The van der Waals surface area contributed by atoms with Crippen LogP contribution in [-0.2, 0) is 4.79 Å². The van der Waals surface area contributed by atoms with Crippen LogP contribution < -0.4 is 10.9 Å². The highest BCUT2D eigenvalue weighted by molar-refractivity contribution is 5.82. The van der Waals surface area contributed by atoms with Crippen LogP contribution in [0.3, 0.4) is 0 Å². The van der Waals surface area contributed by atoms with E-state index < -0.39 is 0 Å². The van der Waals surface area contributed by atoms with E-state index in [2.05, 4.69) is 33.1 Å². The van der Waals surface area contributed by atoms with Crippen LogP contribution in [-0.4, -0.2) is 40.1 Å². The van der Waals surface area contributed by atoms with Gasteiger partial charge in [-0.1, -0.05) is 35.5 Å². The Balaban J connectivity index is 1.39. The molecule has 3 unspecified atom stereocenters. The lowest BCUT2D eigenvalue weighted by Crippen LogP contribution is -2.48. The number of benzene rings is 1. The number of carbonyl (C=O) groups excluding carboxylic acids is 1.